The first kappa shape index (κ1) is 22.8. The van der Waals surface area contributed by atoms with Crippen molar-refractivity contribution >= 4 is 11.0 Å². The highest BCUT2D eigenvalue weighted by molar-refractivity contribution is 5.86. The standard InChI is InChI=1S/C26H35NO5/c1-6-7-8-9-17-15-20-22(18-14-16(2)10-11-19(18)26(3,4)32-20)23-21(17)24(28)27(12-13-30-5)25(29)31-23/h14-15,18-19H,6-13H2,1-5H3/t18-,19-/m1/s1. The average Bonchev–Trinajstić information content (AvgIpc) is 2.72. The van der Waals surface area contributed by atoms with Gasteiger partial charge in [0.25, 0.3) is 5.56 Å². The minimum absolute atomic E-state index is 0.0621. The molecule has 6 nitrogen and oxygen atoms in total. The summed E-state index contributed by atoms with van der Waals surface area (Å²) >= 11 is 0. The zero-order valence-corrected chi connectivity index (χ0v) is 20.0. The van der Waals surface area contributed by atoms with Gasteiger partial charge in [-0.1, -0.05) is 31.4 Å². The highest BCUT2D eigenvalue weighted by Gasteiger charge is 2.45. The number of nitrogens with zero attached hydrogens (tertiary/aromatic N) is 1. The topological polar surface area (TPSA) is 70.7 Å². The van der Waals surface area contributed by atoms with Crippen molar-refractivity contribution in [3.63, 3.8) is 0 Å². The number of allylic oxidation sites excluding steroid dienone is 2. The molecule has 0 radical (unpaired) electrons. The molecule has 0 spiro atoms. The van der Waals surface area contributed by atoms with Gasteiger partial charge in [0.05, 0.1) is 18.5 Å². The second-order valence-electron chi connectivity index (χ2n) is 9.82. The molecule has 174 valence electrons. The van der Waals surface area contributed by atoms with Crippen LogP contribution >= 0.6 is 0 Å². The van der Waals surface area contributed by atoms with E-state index in [2.05, 4.69) is 33.8 Å². The molecule has 4 rings (SSSR count). The van der Waals surface area contributed by atoms with Gasteiger partial charge < -0.3 is 13.9 Å². The molecule has 0 fully saturated rings. The summed E-state index contributed by atoms with van der Waals surface area (Å²) in [5.41, 5.74) is 2.87. The smallest absolute Gasteiger partial charge is 0.422 e. The summed E-state index contributed by atoms with van der Waals surface area (Å²) in [5, 5.41) is 0.522. The zero-order valence-electron chi connectivity index (χ0n) is 20.0. The van der Waals surface area contributed by atoms with Crippen molar-refractivity contribution in [2.24, 2.45) is 5.92 Å². The van der Waals surface area contributed by atoms with Crippen LogP contribution in [-0.2, 0) is 17.7 Å². The minimum atomic E-state index is -0.634. The van der Waals surface area contributed by atoms with Gasteiger partial charge in [0, 0.05) is 24.5 Å². The van der Waals surface area contributed by atoms with Crippen LogP contribution in [0.2, 0.25) is 0 Å². The van der Waals surface area contributed by atoms with E-state index in [0.29, 0.717) is 11.0 Å². The van der Waals surface area contributed by atoms with Crippen molar-refractivity contribution in [2.75, 3.05) is 13.7 Å². The van der Waals surface area contributed by atoms with Gasteiger partial charge >= 0.3 is 5.76 Å². The number of unbranched alkanes of at least 4 members (excludes halogenated alkanes) is 2. The third-order valence-electron chi connectivity index (χ3n) is 7.15. The molecule has 0 amide bonds. The summed E-state index contributed by atoms with van der Waals surface area (Å²) in [6, 6.07) is 2.03. The van der Waals surface area contributed by atoms with E-state index < -0.39 is 5.76 Å². The molecule has 6 heteroatoms. The Labute approximate surface area is 189 Å². The maximum atomic E-state index is 13.5. The van der Waals surface area contributed by atoms with Gasteiger partial charge in [-0.05, 0) is 58.1 Å². The number of aromatic nitrogens is 1. The van der Waals surface area contributed by atoms with Crippen molar-refractivity contribution in [3.8, 4) is 5.75 Å². The quantitative estimate of drug-likeness (QED) is 0.449. The molecule has 0 unspecified atom stereocenters. The van der Waals surface area contributed by atoms with Crippen molar-refractivity contribution in [1.82, 2.24) is 4.57 Å². The summed E-state index contributed by atoms with van der Waals surface area (Å²) in [7, 11) is 1.55. The summed E-state index contributed by atoms with van der Waals surface area (Å²) in [5.74, 6) is 0.435. The second-order valence-corrected chi connectivity index (χ2v) is 9.82. The summed E-state index contributed by atoms with van der Waals surface area (Å²) < 4.78 is 18.7. The molecule has 0 saturated carbocycles. The predicted octanol–water partition coefficient (Wildman–Crippen LogP) is 4.94. The Balaban J connectivity index is 2.01. The lowest BCUT2D eigenvalue weighted by Crippen LogP contribution is -2.45. The number of rotatable bonds is 7. The van der Waals surface area contributed by atoms with Crippen LogP contribution < -0.4 is 16.1 Å². The molecule has 0 saturated heterocycles. The van der Waals surface area contributed by atoms with Crippen molar-refractivity contribution in [1.29, 1.82) is 0 Å². The van der Waals surface area contributed by atoms with E-state index in [4.69, 9.17) is 13.9 Å². The van der Waals surface area contributed by atoms with Gasteiger partial charge in [0.15, 0.2) is 5.58 Å². The first-order valence-corrected chi connectivity index (χ1v) is 11.9. The van der Waals surface area contributed by atoms with Crippen LogP contribution in [0.1, 0.15) is 76.8 Å². The van der Waals surface area contributed by atoms with E-state index in [9.17, 15) is 9.59 Å². The van der Waals surface area contributed by atoms with E-state index in [-0.39, 0.29) is 36.1 Å². The van der Waals surface area contributed by atoms with Crippen molar-refractivity contribution in [3.05, 3.63) is 49.7 Å². The Morgan fingerprint density at radius 1 is 1.25 bits per heavy atom. The molecule has 2 aliphatic rings. The molecule has 0 N–H and O–H groups in total. The van der Waals surface area contributed by atoms with Gasteiger partial charge in [0.1, 0.15) is 11.4 Å². The lowest BCUT2D eigenvalue weighted by atomic mass is 9.68. The molecular weight excluding hydrogens is 406 g/mol. The maximum Gasteiger partial charge on any atom is 0.422 e. The lowest BCUT2D eigenvalue weighted by molar-refractivity contribution is 0.0118. The molecular formula is C26H35NO5. The summed E-state index contributed by atoms with van der Waals surface area (Å²) in [4.78, 5) is 26.4. The number of aryl methyl sites for hydroxylation is 1. The van der Waals surface area contributed by atoms with Crippen LogP contribution in [0.5, 0.6) is 5.75 Å². The number of methoxy groups -OCH3 is 1. The molecule has 1 aliphatic carbocycles. The Hall–Kier alpha value is -2.34. The average molecular weight is 442 g/mol. The van der Waals surface area contributed by atoms with E-state index in [1.807, 2.05) is 6.07 Å². The van der Waals surface area contributed by atoms with Gasteiger partial charge in [-0.3, -0.25) is 4.79 Å². The number of hydrogen-bond acceptors (Lipinski definition) is 5. The third kappa shape index (κ3) is 3.94. The third-order valence-corrected chi connectivity index (χ3v) is 7.15. The lowest BCUT2D eigenvalue weighted by Gasteiger charge is -2.46. The Morgan fingerprint density at radius 2 is 2.03 bits per heavy atom. The number of ether oxygens (including phenoxy) is 2. The fourth-order valence-corrected chi connectivity index (χ4v) is 5.43. The normalized spacial score (nSPS) is 21.6. The highest BCUT2D eigenvalue weighted by Crippen LogP contribution is 2.52. The van der Waals surface area contributed by atoms with Crippen LogP contribution in [0, 0.1) is 5.92 Å². The summed E-state index contributed by atoms with van der Waals surface area (Å²) in [6.45, 7) is 9.03. The van der Waals surface area contributed by atoms with Crippen LogP contribution in [0.4, 0.5) is 0 Å². The fraction of sp³-hybridized carbons (Fsp3) is 0.615. The van der Waals surface area contributed by atoms with Crippen molar-refractivity contribution < 1.29 is 13.9 Å². The fourth-order valence-electron chi connectivity index (χ4n) is 5.43. The number of hydrogen-bond donors (Lipinski definition) is 0. The predicted molar refractivity (Wildman–Crippen MR) is 126 cm³/mol. The maximum absolute atomic E-state index is 13.5. The van der Waals surface area contributed by atoms with E-state index >= 15 is 0 Å². The monoisotopic (exact) mass is 441 g/mol. The highest BCUT2D eigenvalue weighted by atomic mass is 16.5. The second kappa shape index (κ2) is 8.89. The molecule has 2 atom stereocenters. The molecule has 2 heterocycles. The Bertz CT molecular complexity index is 1150. The zero-order chi connectivity index (χ0) is 23.0. The van der Waals surface area contributed by atoms with Gasteiger partial charge in [0.2, 0.25) is 0 Å². The van der Waals surface area contributed by atoms with Crippen LogP contribution in [0.25, 0.3) is 11.0 Å². The SMILES string of the molecule is CCCCCc1cc2c(c3oc(=O)n(CCOC)c(=O)c13)[C@@H]1C=C(C)CC[C@H]1C(C)(C)O2. The van der Waals surface area contributed by atoms with Gasteiger partial charge in [-0.15, -0.1) is 0 Å². The molecule has 0 bridgehead atoms. The molecule has 2 aromatic rings. The molecule has 32 heavy (non-hydrogen) atoms. The van der Waals surface area contributed by atoms with E-state index in [0.717, 1.165) is 60.0 Å². The molecule has 1 aromatic heterocycles. The molecule has 1 aromatic carbocycles. The van der Waals surface area contributed by atoms with Gasteiger partial charge in [-0.25, -0.2) is 9.36 Å². The molecule has 1 aliphatic heterocycles. The number of fused-ring (bicyclic) bond motifs is 5. The first-order valence-electron chi connectivity index (χ1n) is 11.9. The first-order chi connectivity index (χ1) is 15.3. The largest absolute Gasteiger partial charge is 0.487 e. The Kier molecular flexibility index (Phi) is 6.35. The van der Waals surface area contributed by atoms with Crippen LogP contribution in [0.15, 0.2) is 31.7 Å². The minimum Gasteiger partial charge on any atom is -0.487 e. The Morgan fingerprint density at radius 3 is 2.75 bits per heavy atom. The van der Waals surface area contributed by atoms with Crippen molar-refractivity contribution in [2.45, 2.75) is 84.3 Å². The number of benzene rings is 1. The van der Waals surface area contributed by atoms with Gasteiger partial charge in [-0.2, -0.15) is 0 Å². The van der Waals surface area contributed by atoms with Crippen LogP contribution in [0.3, 0.4) is 0 Å². The van der Waals surface area contributed by atoms with Crippen LogP contribution in [-0.4, -0.2) is 23.9 Å². The van der Waals surface area contributed by atoms with E-state index in [1.165, 1.54) is 5.57 Å². The summed E-state index contributed by atoms with van der Waals surface area (Å²) in [6.07, 6.45) is 8.20. The van der Waals surface area contributed by atoms with E-state index in [1.54, 1.807) is 7.11 Å².